The summed E-state index contributed by atoms with van der Waals surface area (Å²) in [4.78, 5) is 2.40. The summed E-state index contributed by atoms with van der Waals surface area (Å²) in [6, 6.07) is 23.9. The summed E-state index contributed by atoms with van der Waals surface area (Å²) in [5.41, 5.74) is 6.69. The molecule has 0 saturated carbocycles. The van der Waals surface area contributed by atoms with Gasteiger partial charge in [0.25, 0.3) is 0 Å². The first-order valence-corrected chi connectivity index (χ1v) is 8.58. The highest BCUT2D eigenvalue weighted by molar-refractivity contribution is 5.78. The summed E-state index contributed by atoms with van der Waals surface area (Å²) < 4.78 is 10.9. The molecule has 3 nitrogen and oxygen atoms in total. The highest BCUT2D eigenvalue weighted by Gasteiger charge is 2.31. The van der Waals surface area contributed by atoms with Gasteiger partial charge in [0.2, 0.25) is 6.79 Å². The van der Waals surface area contributed by atoms with Crippen molar-refractivity contribution >= 4 is 0 Å². The van der Waals surface area contributed by atoms with E-state index in [1.54, 1.807) is 0 Å². The zero-order chi connectivity index (χ0) is 16.8. The molecule has 0 atom stereocenters. The van der Waals surface area contributed by atoms with E-state index >= 15 is 0 Å². The van der Waals surface area contributed by atoms with Crippen LogP contribution in [0.25, 0.3) is 11.1 Å². The van der Waals surface area contributed by atoms with Crippen LogP contribution in [0.2, 0.25) is 0 Å². The summed E-state index contributed by atoms with van der Waals surface area (Å²) in [5.74, 6) is 1.68. The van der Waals surface area contributed by atoms with Gasteiger partial charge in [-0.25, -0.2) is 0 Å². The van der Waals surface area contributed by atoms with E-state index < -0.39 is 0 Å². The first-order valence-electron chi connectivity index (χ1n) is 8.58. The summed E-state index contributed by atoms with van der Waals surface area (Å²) in [6.45, 7) is 1.17. The maximum absolute atomic E-state index is 5.52. The Bertz CT molecular complexity index is 905. The first-order chi connectivity index (χ1) is 12.3. The average molecular weight is 329 g/mol. The number of nitrogens with zero attached hydrogens (tertiary/aromatic N) is 1. The molecular formula is C22H19NO2. The van der Waals surface area contributed by atoms with E-state index in [2.05, 4.69) is 72.6 Å². The lowest BCUT2D eigenvalue weighted by Gasteiger charge is -2.26. The van der Waals surface area contributed by atoms with Crippen molar-refractivity contribution in [1.29, 1.82) is 0 Å². The third-order valence-corrected chi connectivity index (χ3v) is 5.11. The van der Waals surface area contributed by atoms with Crippen molar-refractivity contribution in [3.8, 4) is 22.6 Å². The van der Waals surface area contributed by atoms with Crippen molar-refractivity contribution in [2.45, 2.75) is 12.6 Å². The molecule has 3 aromatic rings. The molecule has 0 unspecified atom stereocenters. The molecule has 2 aliphatic rings. The SMILES string of the molecule is CN(Cc1ccc2c(c1)OCO2)C1c2ccccc2-c2ccccc21. The van der Waals surface area contributed by atoms with Crippen molar-refractivity contribution in [3.05, 3.63) is 83.4 Å². The second-order valence-corrected chi connectivity index (χ2v) is 6.68. The monoisotopic (exact) mass is 329 g/mol. The van der Waals surface area contributed by atoms with Crippen LogP contribution in [0.3, 0.4) is 0 Å². The van der Waals surface area contributed by atoms with Crippen molar-refractivity contribution in [2.75, 3.05) is 13.8 Å². The largest absolute Gasteiger partial charge is 0.454 e. The second-order valence-electron chi connectivity index (χ2n) is 6.68. The lowest BCUT2D eigenvalue weighted by Crippen LogP contribution is -2.23. The van der Waals surface area contributed by atoms with E-state index in [-0.39, 0.29) is 6.04 Å². The molecule has 1 aliphatic carbocycles. The molecule has 124 valence electrons. The maximum Gasteiger partial charge on any atom is 0.231 e. The standard InChI is InChI=1S/C22H19NO2/c1-23(13-15-10-11-20-21(12-15)25-14-24-20)22-18-8-4-2-6-16(18)17-7-3-5-9-19(17)22/h2-12,22H,13-14H2,1H3. The van der Waals surface area contributed by atoms with Gasteiger partial charge in [-0.1, -0.05) is 54.6 Å². The van der Waals surface area contributed by atoms with Crippen LogP contribution in [0.1, 0.15) is 22.7 Å². The van der Waals surface area contributed by atoms with Gasteiger partial charge in [-0.2, -0.15) is 0 Å². The summed E-state index contributed by atoms with van der Waals surface area (Å²) in [7, 11) is 2.19. The van der Waals surface area contributed by atoms with Crippen molar-refractivity contribution in [1.82, 2.24) is 4.90 Å². The van der Waals surface area contributed by atoms with Crippen LogP contribution in [0.5, 0.6) is 11.5 Å². The lowest BCUT2D eigenvalue weighted by molar-refractivity contribution is 0.174. The van der Waals surface area contributed by atoms with Crippen LogP contribution in [-0.4, -0.2) is 18.7 Å². The number of ether oxygens (including phenoxy) is 2. The zero-order valence-corrected chi connectivity index (χ0v) is 14.1. The van der Waals surface area contributed by atoms with Gasteiger partial charge in [0.15, 0.2) is 11.5 Å². The summed E-state index contributed by atoms with van der Waals surface area (Å²) in [5, 5.41) is 0. The molecule has 1 heterocycles. The fourth-order valence-electron chi connectivity index (χ4n) is 4.02. The minimum atomic E-state index is 0.276. The van der Waals surface area contributed by atoms with Gasteiger partial charge < -0.3 is 9.47 Å². The fraction of sp³-hybridized carbons (Fsp3) is 0.182. The van der Waals surface area contributed by atoms with E-state index in [4.69, 9.17) is 9.47 Å². The quantitative estimate of drug-likeness (QED) is 0.700. The van der Waals surface area contributed by atoms with Crippen LogP contribution < -0.4 is 9.47 Å². The Labute approximate surface area is 147 Å². The van der Waals surface area contributed by atoms with Gasteiger partial charge >= 0.3 is 0 Å². The Morgan fingerprint density at radius 3 is 2.20 bits per heavy atom. The normalized spacial score (nSPS) is 14.6. The smallest absolute Gasteiger partial charge is 0.231 e. The van der Waals surface area contributed by atoms with Crippen molar-refractivity contribution in [3.63, 3.8) is 0 Å². The number of hydrogen-bond acceptors (Lipinski definition) is 3. The minimum Gasteiger partial charge on any atom is -0.454 e. The van der Waals surface area contributed by atoms with E-state index in [1.165, 1.54) is 27.8 Å². The highest BCUT2D eigenvalue weighted by Crippen LogP contribution is 2.46. The Morgan fingerprint density at radius 2 is 1.48 bits per heavy atom. The topological polar surface area (TPSA) is 21.7 Å². The Hall–Kier alpha value is -2.78. The molecular weight excluding hydrogens is 310 g/mol. The summed E-state index contributed by atoms with van der Waals surface area (Å²) in [6.07, 6.45) is 0. The third-order valence-electron chi connectivity index (χ3n) is 5.11. The molecule has 3 heteroatoms. The van der Waals surface area contributed by atoms with Crippen molar-refractivity contribution in [2.24, 2.45) is 0 Å². The molecule has 25 heavy (non-hydrogen) atoms. The maximum atomic E-state index is 5.52. The van der Waals surface area contributed by atoms with Crippen LogP contribution >= 0.6 is 0 Å². The van der Waals surface area contributed by atoms with Gasteiger partial charge in [-0.05, 0) is 47.0 Å². The molecule has 0 amide bonds. The van der Waals surface area contributed by atoms with Gasteiger partial charge in [0.1, 0.15) is 0 Å². The number of rotatable bonds is 3. The van der Waals surface area contributed by atoms with E-state index in [9.17, 15) is 0 Å². The zero-order valence-electron chi connectivity index (χ0n) is 14.1. The minimum absolute atomic E-state index is 0.276. The molecule has 1 aliphatic heterocycles. The van der Waals surface area contributed by atoms with Gasteiger partial charge in [-0.15, -0.1) is 0 Å². The molecule has 0 saturated heterocycles. The van der Waals surface area contributed by atoms with Crippen molar-refractivity contribution < 1.29 is 9.47 Å². The van der Waals surface area contributed by atoms with E-state index in [0.717, 1.165) is 18.0 Å². The third kappa shape index (κ3) is 2.31. The number of benzene rings is 3. The fourth-order valence-corrected chi connectivity index (χ4v) is 4.02. The van der Waals surface area contributed by atoms with Crippen LogP contribution in [-0.2, 0) is 6.54 Å². The molecule has 0 radical (unpaired) electrons. The molecule has 0 bridgehead atoms. The van der Waals surface area contributed by atoms with Gasteiger partial charge in [-0.3, -0.25) is 4.90 Å². The molecule has 0 spiro atoms. The predicted molar refractivity (Wildman–Crippen MR) is 97.8 cm³/mol. The predicted octanol–water partition coefficient (Wildman–Crippen LogP) is 4.62. The number of hydrogen-bond donors (Lipinski definition) is 0. The lowest BCUT2D eigenvalue weighted by atomic mass is 10.0. The Morgan fingerprint density at radius 1 is 0.840 bits per heavy atom. The average Bonchev–Trinajstić information content (AvgIpc) is 3.23. The second kappa shape index (κ2) is 5.64. The summed E-state index contributed by atoms with van der Waals surface area (Å²) >= 11 is 0. The van der Waals surface area contributed by atoms with E-state index in [1.807, 2.05) is 6.07 Å². The van der Waals surface area contributed by atoms with Crippen LogP contribution in [0, 0.1) is 0 Å². The Kier molecular flexibility index (Phi) is 3.28. The highest BCUT2D eigenvalue weighted by atomic mass is 16.7. The number of fused-ring (bicyclic) bond motifs is 4. The molecule has 0 aromatic heterocycles. The van der Waals surface area contributed by atoms with E-state index in [0.29, 0.717) is 6.79 Å². The first kappa shape index (κ1) is 14.6. The van der Waals surface area contributed by atoms with Crippen LogP contribution in [0.15, 0.2) is 66.7 Å². The van der Waals surface area contributed by atoms with Gasteiger partial charge in [0.05, 0.1) is 6.04 Å². The molecule has 0 fully saturated rings. The van der Waals surface area contributed by atoms with Gasteiger partial charge in [0, 0.05) is 6.54 Å². The molecule has 0 N–H and O–H groups in total. The molecule has 3 aromatic carbocycles. The van der Waals surface area contributed by atoms with Crippen LogP contribution in [0.4, 0.5) is 0 Å². The molecule has 5 rings (SSSR count). The Balaban J connectivity index is 1.50.